The van der Waals surface area contributed by atoms with Gasteiger partial charge < -0.3 is 10.6 Å². The third kappa shape index (κ3) is 4.83. The zero-order valence-electron chi connectivity index (χ0n) is 15.4. The zero-order valence-corrected chi connectivity index (χ0v) is 16.2. The molecule has 3 rings (SSSR count). The normalized spacial score (nSPS) is 11.0. The van der Waals surface area contributed by atoms with E-state index in [1.807, 2.05) is 29.6 Å². The maximum absolute atomic E-state index is 12.6. The Labute approximate surface area is 163 Å². The molecule has 0 atom stereocenters. The maximum atomic E-state index is 12.6. The van der Waals surface area contributed by atoms with Crippen LogP contribution in [0.2, 0.25) is 0 Å². The van der Waals surface area contributed by atoms with E-state index in [1.54, 1.807) is 30.3 Å². The second-order valence-corrected chi connectivity index (χ2v) is 7.89. The molecule has 0 bridgehead atoms. The van der Waals surface area contributed by atoms with Gasteiger partial charge in [0.05, 0.1) is 4.88 Å². The van der Waals surface area contributed by atoms with Gasteiger partial charge in [-0.1, -0.05) is 56.3 Å². The topological polar surface area (TPSA) is 58.2 Å². The lowest BCUT2D eigenvalue weighted by Crippen LogP contribution is -2.36. The molecule has 2 N–H and O–H groups in total. The number of amides is 2. The van der Waals surface area contributed by atoms with E-state index in [4.69, 9.17) is 0 Å². The second-order valence-electron chi connectivity index (χ2n) is 6.94. The number of carbonyl (C=O) groups excluding carboxylic acids is 2. The third-order valence-electron chi connectivity index (χ3n) is 4.37. The van der Waals surface area contributed by atoms with Crippen LogP contribution in [0.15, 0.2) is 72.1 Å². The van der Waals surface area contributed by atoms with Crippen LogP contribution in [0.4, 0.5) is 5.69 Å². The number of thiophene rings is 1. The van der Waals surface area contributed by atoms with Gasteiger partial charge >= 0.3 is 0 Å². The van der Waals surface area contributed by atoms with E-state index in [0.717, 1.165) is 0 Å². The number of anilines is 1. The molecule has 0 spiro atoms. The van der Waals surface area contributed by atoms with Crippen molar-refractivity contribution in [3.8, 4) is 0 Å². The SMILES string of the molecule is CC(C)(CNC(=O)c1cccc(NC(=O)c2cccs2)c1)c1ccccc1. The Hall–Kier alpha value is -2.92. The van der Waals surface area contributed by atoms with E-state index in [2.05, 4.69) is 36.6 Å². The second kappa shape index (κ2) is 8.18. The van der Waals surface area contributed by atoms with Crippen molar-refractivity contribution in [1.82, 2.24) is 5.32 Å². The Balaban J connectivity index is 1.64. The van der Waals surface area contributed by atoms with Gasteiger partial charge in [0.2, 0.25) is 0 Å². The molecule has 4 nitrogen and oxygen atoms in total. The number of hydrogen-bond donors (Lipinski definition) is 2. The largest absolute Gasteiger partial charge is 0.351 e. The van der Waals surface area contributed by atoms with Crippen LogP contribution in [-0.2, 0) is 5.41 Å². The fraction of sp³-hybridized carbons (Fsp3) is 0.182. The fourth-order valence-corrected chi connectivity index (χ4v) is 3.35. The van der Waals surface area contributed by atoms with Crippen LogP contribution >= 0.6 is 11.3 Å². The predicted molar refractivity (Wildman–Crippen MR) is 111 cm³/mol. The molecule has 27 heavy (non-hydrogen) atoms. The highest BCUT2D eigenvalue weighted by atomic mass is 32.1. The molecule has 0 saturated heterocycles. The van der Waals surface area contributed by atoms with Gasteiger partial charge in [-0.05, 0) is 35.2 Å². The third-order valence-corrected chi connectivity index (χ3v) is 5.24. The van der Waals surface area contributed by atoms with E-state index in [1.165, 1.54) is 16.9 Å². The Kier molecular flexibility index (Phi) is 5.72. The van der Waals surface area contributed by atoms with E-state index in [9.17, 15) is 9.59 Å². The Morgan fingerprint density at radius 1 is 0.926 bits per heavy atom. The summed E-state index contributed by atoms with van der Waals surface area (Å²) in [5.41, 5.74) is 2.11. The van der Waals surface area contributed by atoms with E-state index >= 15 is 0 Å². The number of nitrogens with one attached hydrogen (secondary N) is 2. The van der Waals surface area contributed by atoms with Gasteiger partial charge in [0.15, 0.2) is 0 Å². The maximum Gasteiger partial charge on any atom is 0.265 e. The summed E-state index contributed by atoms with van der Waals surface area (Å²) in [7, 11) is 0. The first-order valence-electron chi connectivity index (χ1n) is 8.74. The van der Waals surface area contributed by atoms with Crippen LogP contribution in [0.25, 0.3) is 0 Å². The lowest BCUT2D eigenvalue weighted by molar-refractivity contribution is 0.0944. The van der Waals surface area contributed by atoms with Gasteiger partial charge in [0, 0.05) is 23.2 Å². The van der Waals surface area contributed by atoms with Crippen molar-refractivity contribution < 1.29 is 9.59 Å². The standard InChI is InChI=1S/C22H22N2O2S/c1-22(2,17-9-4-3-5-10-17)15-23-20(25)16-8-6-11-18(14-16)24-21(26)19-12-7-13-27-19/h3-14H,15H2,1-2H3,(H,23,25)(H,24,26). The summed E-state index contributed by atoms with van der Waals surface area (Å²) < 4.78 is 0. The highest BCUT2D eigenvalue weighted by Gasteiger charge is 2.21. The molecule has 0 aliphatic heterocycles. The molecular weight excluding hydrogens is 356 g/mol. The summed E-state index contributed by atoms with van der Waals surface area (Å²) in [6.07, 6.45) is 0. The molecule has 3 aromatic rings. The molecule has 0 aliphatic rings. The average molecular weight is 378 g/mol. The molecule has 1 heterocycles. The van der Waals surface area contributed by atoms with Crippen molar-refractivity contribution in [3.63, 3.8) is 0 Å². The van der Waals surface area contributed by atoms with Crippen LogP contribution in [0, 0.1) is 0 Å². The molecule has 5 heteroatoms. The van der Waals surface area contributed by atoms with Crippen LogP contribution in [0.5, 0.6) is 0 Å². The summed E-state index contributed by atoms with van der Waals surface area (Å²) in [5, 5.41) is 7.68. The molecule has 0 radical (unpaired) electrons. The lowest BCUT2D eigenvalue weighted by Gasteiger charge is -2.25. The molecule has 138 valence electrons. The quantitative estimate of drug-likeness (QED) is 0.653. The van der Waals surface area contributed by atoms with Gasteiger partial charge in [-0.2, -0.15) is 0 Å². The average Bonchev–Trinajstić information content (AvgIpc) is 3.22. The van der Waals surface area contributed by atoms with Gasteiger partial charge in [-0.25, -0.2) is 0 Å². The number of hydrogen-bond acceptors (Lipinski definition) is 3. The van der Waals surface area contributed by atoms with Gasteiger partial charge in [-0.3, -0.25) is 9.59 Å². The molecule has 2 amide bonds. The number of rotatable bonds is 6. The smallest absolute Gasteiger partial charge is 0.265 e. The van der Waals surface area contributed by atoms with E-state index in [0.29, 0.717) is 22.7 Å². The van der Waals surface area contributed by atoms with Gasteiger partial charge in [0.1, 0.15) is 0 Å². The lowest BCUT2D eigenvalue weighted by atomic mass is 9.84. The molecule has 1 aromatic heterocycles. The first-order chi connectivity index (χ1) is 13.0. The Morgan fingerprint density at radius 2 is 1.70 bits per heavy atom. The van der Waals surface area contributed by atoms with Crippen LogP contribution in [0.3, 0.4) is 0 Å². The minimum absolute atomic E-state index is 0.161. The minimum Gasteiger partial charge on any atom is -0.351 e. The molecule has 0 fully saturated rings. The first-order valence-corrected chi connectivity index (χ1v) is 9.62. The van der Waals surface area contributed by atoms with Gasteiger partial charge in [-0.15, -0.1) is 11.3 Å². The first kappa shape index (κ1) is 18.9. The monoisotopic (exact) mass is 378 g/mol. The number of benzene rings is 2. The van der Waals surface area contributed by atoms with Crippen molar-refractivity contribution in [1.29, 1.82) is 0 Å². The van der Waals surface area contributed by atoms with Crippen LogP contribution < -0.4 is 10.6 Å². The minimum atomic E-state index is -0.179. The predicted octanol–water partition coefficient (Wildman–Crippen LogP) is 4.71. The van der Waals surface area contributed by atoms with E-state index in [-0.39, 0.29) is 17.2 Å². The van der Waals surface area contributed by atoms with Crippen molar-refractivity contribution in [2.24, 2.45) is 0 Å². The zero-order chi connectivity index (χ0) is 19.3. The molecular formula is C22H22N2O2S. The van der Waals surface area contributed by atoms with Crippen LogP contribution in [-0.4, -0.2) is 18.4 Å². The summed E-state index contributed by atoms with van der Waals surface area (Å²) in [6.45, 7) is 4.71. The van der Waals surface area contributed by atoms with Gasteiger partial charge in [0.25, 0.3) is 11.8 Å². The molecule has 2 aromatic carbocycles. The van der Waals surface area contributed by atoms with Crippen molar-refractivity contribution >= 4 is 28.8 Å². The van der Waals surface area contributed by atoms with Crippen molar-refractivity contribution in [2.75, 3.05) is 11.9 Å². The van der Waals surface area contributed by atoms with E-state index < -0.39 is 0 Å². The number of carbonyl (C=O) groups is 2. The van der Waals surface area contributed by atoms with Crippen LogP contribution in [0.1, 0.15) is 39.4 Å². The molecule has 0 saturated carbocycles. The Morgan fingerprint density at radius 3 is 2.41 bits per heavy atom. The van der Waals surface area contributed by atoms with Crippen molar-refractivity contribution in [3.05, 3.63) is 88.1 Å². The fourth-order valence-electron chi connectivity index (χ4n) is 2.73. The summed E-state index contributed by atoms with van der Waals surface area (Å²) >= 11 is 1.38. The summed E-state index contributed by atoms with van der Waals surface area (Å²) in [4.78, 5) is 25.4. The molecule has 0 unspecified atom stereocenters. The highest BCUT2D eigenvalue weighted by Crippen LogP contribution is 2.22. The highest BCUT2D eigenvalue weighted by molar-refractivity contribution is 7.12. The van der Waals surface area contributed by atoms with Crippen molar-refractivity contribution in [2.45, 2.75) is 19.3 Å². The summed E-state index contributed by atoms with van der Waals surface area (Å²) in [5.74, 6) is -0.334. The summed E-state index contributed by atoms with van der Waals surface area (Å²) in [6, 6.07) is 20.7. The Bertz CT molecular complexity index is 919. The molecule has 0 aliphatic carbocycles.